The zero-order valence-corrected chi connectivity index (χ0v) is 9.23. The first-order valence-corrected chi connectivity index (χ1v) is 5.58. The van der Waals surface area contributed by atoms with Crippen molar-refractivity contribution >= 4 is 0 Å². The lowest BCUT2D eigenvalue weighted by atomic mass is 10.1. The molecule has 3 nitrogen and oxygen atoms in total. The van der Waals surface area contributed by atoms with E-state index in [1.54, 1.807) is 12.5 Å². The summed E-state index contributed by atoms with van der Waals surface area (Å²) in [4.78, 5) is 0. The molecule has 16 heavy (non-hydrogen) atoms. The van der Waals surface area contributed by atoms with Crippen molar-refractivity contribution in [2.24, 2.45) is 0 Å². The van der Waals surface area contributed by atoms with Gasteiger partial charge in [0, 0.05) is 12.1 Å². The molecule has 0 saturated carbocycles. The molecule has 0 spiro atoms. The second-order valence-corrected chi connectivity index (χ2v) is 3.80. The van der Waals surface area contributed by atoms with Crippen LogP contribution in [0, 0.1) is 0 Å². The van der Waals surface area contributed by atoms with Gasteiger partial charge in [-0.15, -0.1) is 0 Å². The van der Waals surface area contributed by atoms with Crippen LogP contribution in [-0.4, -0.2) is 11.7 Å². The first-order chi connectivity index (χ1) is 7.95. The minimum atomic E-state index is 0.832. The molecule has 1 aromatic carbocycles. The monoisotopic (exact) mass is 216 g/mol. The van der Waals surface area contributed by atoms with E-state index in [2.05, 4.69) is 34.7 Å². The highest BCUT2D eigenvalue weighted by molar-refractivity contribution is 5.14. The summed E-state index contributed by atoms with van der Waals surface area (Å²) in [5.41, 5.74) is 2.49. The third kappa shape index (κ3) is 3.51. The molecule has 1 aromatic heterocycles. The molecule has 0 amide bonds. The minimum absolute atomic E-state index is 0.832. The van der Waals surface area contributed by atoms with E-state index in [0.29, 0.717) is 0 Å². The second kappa shape index (κ2) is 6.08. The Balaban J connectivity index is 1.59. The molecule has 0 unspecified atom stereocenters. The number of hydrogen-bond donors (Lipinski definition) is 1. The highest BCUT2D eigenvalue weighted by Gasteiger charge is 1.95. The predicted molar refractivity (Wildman–Crippen MR) is 63.0 cm³/mol. The third-order valence-corrected chi connectivity index (χ3v) is 2.47. The maximum absolute atomic E-state index is 4.75. The smallest absolute Gasteiger partial charge is 0.128 e. The van der Waals surface area contributed by atoms with Gasteiger partial charge in [0.2, 0.25) is 0 Å². The zero-order valence-electron chi connectivity index (χ0n) is 9.23. The molecule has 0 saturated heterocycles. The quantitative estimate of drug-likeness (QED) is 0.753. The van der Waals surface area contributed by atoms with Crippen molar-refractivity contribution < 1.29 is 4.52 Å². The summed E-state index contributed by atoms with van der Waals surface area (Å²) in [7, 11) is 0. The Labute approximate surface area is 95.5 Å². The van der Waals surface area contributed by atoms with Crippen LogP contribution < -0.4 is 5.32 Å². The maximum Gasteiger partial charge on any atom is 0.128 e. The predicted octanol–water partition coefficient (Wildman–Crippen LogP) is 2.40. The Morgan fingerprint density at radius 3 is 2.75 bits per heavy atom. The van der Waals surface area contributed by atoms with E-state index in [-0.39, 0.29) is 0 Å². The third-order valence-electron chi connectivity index (χ3n) is 2.47. The van der Waals surface area contributed by atoms with Gasteiger partial charge < -0.3 is 9.84 Å². The number of benzene rings is 1. The fraction of sp³-hybridized carbons (Fsp3) is 0.308. The topological polar surface area (TPSA) is 38.1 Å². The lowest BCUT2D eigenvalue weighted by molar-refractivity contribution is 0.418. The molecule has 0 fully saturated rings. The summed E-state index contributed by atoms with van der Waals surface area (Å²) in [5.74, 6) is 0. The maximum atomic E-state index is 4.75. The van der Waals surface area contributed by atoms with Gasteiger partial charge >= 0.3 is 0 Å². The van der Waals surface area contributed by atoms with Crippen LogP contribution in [0.3, 0.4) is 0 Å². The van der Waals surface area contributed by atoms with Gasteiger partial charge in [0.1, 0.15) is 6.26 Å². The average molecular weight is 216 g/mol. The van der Waals surface area contributed by atoms with Crippen LogP contribution in [0.4, 0.5) is 0 Å². The lowest BCUT2D eigenvalue weighted by Crippen LogP contribution is -2.14. The van der Waals surface area contributed by atoms with E-state index in [9.17, 15) is 0 Å². The molecule has 0 aliphatic rings. The summed E-state index contributed by atoms with van der Waals surface area (Å²) in [6, 6.07) is 10.5. The molecule has 0 atom stereocenters. The highest BCUT2D eigenvalue weighted by Crippen LogP contribution is 2.01. The SMILES string of the molecule is c1ccc(CCCNCc2cnoc2)cc1. The fourth-order valence-corrected chi connectivity index (χ4v) is 1.61. The van der Waals surface area contributed by atoms with Gasteiger partial charge in [0.05, 0.1) is 6.20 Å². The molecule has 0 aliphatic carbocycles. The molecule has 1 heterocycles. The van der Waals surface area contributed by atoms with Crippen LogP contribution in [0.1, 0.15) is 17.5 Å². The van der Waals surface area contributed by atoms with Crippen molar-refractivity contribution in [1.29, 1.82) is 0 Å². The highest BCUT2D eigenvalue weighted by atomic mass is 16.5. The lowest BCUT2D eigenvalue weighted by Gasteiger charge is -2.02. The Hall–Kier alpha value is -1.61. The largest absolute Gasteiger partial charge is 0.364 e. The van der Waals surface area contributed by atoms with E-state index in [1.807, 2.05) is 6.07 Å². The van der Waals surface area contributed by atoms with Crippen molar-refractivity contribution in [2.45, 2.75) is 19.4 Å². The van der Waals surface area contributed by atoms with Crippen LogP contribution in [0.15, 0.2) is 47.3 Å². The summed E-state index contributed by atoms with van der Waals surface area (Å²) >= 11 is 0. The number of nitrogens with zero attached hydrogens (tertiary/aromatic N) is 1. The molecule has 0 radical (unpaired) electrons. The minimum Gasteiger partial charge on any atom is -0.364 e. The second-order valence-electron chi connectivity index (χ2n) is 3.80. The molecule has 2 rings (SSSR count). The molecule has 2 aromatic rings. The van der Waals surface area contributed by atoms with Gasteiger partial charge in [-0.25, -0.2) is 0 Å². The van der Waals surface area contributed by atoms with Crippen LogP contribution in [-0.2, 0) is 13.0 Å². The van der Waals surface area contributed by atoms with Crippen molar-refractivity contribution in [3.8, 4) is 0 Å². The van der Waals surface area contributed by atoms with Gasteiger partial charge in [0.25, 0.3) is 0 Å². The number of aromatic nitrogens is 1. The van der Waals surface area contributed by atoms with Gasteiger partial charge in [-0.1, -0.05) is 35.5 Å². The van der Waals surface area contributed by atoms with Gasteiger partial charge in [-0.05, 0) is 24.9 Å². The van der Waals surface area contributed by atoms with Crippen molar-refractivity contribution in [3.63, 3.8) is 0 Å². The Kier molecular flexibility index (Phi) is 4.14. The molecular weight excluding hydrogens is 200 g/mol. The molecule has 1 N–H and O–H groups in total. The Morgan fingerprint density at radius 2 is 2.00 bits per heavy atom. The van der Waals surface area contributed by atoms with E-state index in [4.69, 9.17) is 4.52 Å². The van der Waals surface area contributed by atoms with E-state index >= 15 is 0 Å². The Bertz CT molecular complexity index is 384. The van der Waals surface area contributed by atoms with Crippen molar-refractivity contribution in [1.82, 2.24) is 10.5 Å². The molecule has 3 heteroatoms. The van der Waals surface area contributed by atoms with E-state index in [1.165, 1.54) is 5.56 Å². The standard InChI is InChI=1S/C13H16N2O/c1-2-5-12(6-3-1)7-4-8-14-9-13-10-15-16-11-13/h1-3,5-6,10-11,14H,4,7-9H2. The molecular formula is C13H16N2O. The van der Waals surface area contributed by atoms with Crippen LogP contribution in [0.25, 0.3) is 0 Å². The van der Waals surface area contributed by atoms with Crippen LogP contribution in [0.2, 0.25) is 0 Å². The summed E-state index contributed by atoms with van der Waals surface area (Å²) in [6.45, 7) is 1.85. The number of nitrogens with one attached hydrogen (secondary N) is 1. The summed E-state index contributed by atoms with van der Waals surface area (Å²) < 4.78 is 4.75. The number of rotatable bonds is 6. The van der Waals surface area contributed by atoms with Gasteiger partial charge in [-0.2, -0.15) is 0 Å². The van der Waals surface area contributed by atoms with E-state index in [0.717, 1.165) is 31.5 Å². The van der Waals surface area contributed by atoms with Gasteiger partial charge in [-0.3, -0.25) is 0 Å². The molecule has 84 valence electrons. The normalized spacial score (nSPS) is 10.5. The van der Waals surface area contributed by atoms with Crippen molar-refractivity contribution in [2.75, 3.05) is 6.54 Å². The fourth-order valence-electron chi connectivity index (χ4n) is 1.61. The first kappa shape index (κ1) is 10.9. The first-order valence-electron chi connectivity index (χ1n) is 5.58. The van der Waals surface area contributed by atoms with Crippen molar-refractivity contribution in [3.05, 3.63) is 53.9 Å². The Morgan fingerprint density at radius 1 is 1.12 bits per heavy atom. The van der Waals surface area contributed by atoms with E-state index < -0.39 is 0 Å². The zero-order chi connectivity index (χ0) is 11.1. The summed E-state index contributed by atoms with van der Waals surface area (Å²) in [5, 5.41) is 7.01. The summed E-state index contributed by atoms with van der Waals surface area (Å²) in [6.07, 6.45) is 5.68. The van der Waals surface area contributed by atoms with Crippen LogP contribution >= 0.6 is 0 Å². The van der Waals surface area contributed by atoms with Crippen LogP contribution in [0.5, 0.6) is 0 Å². The molecule has 0 bridgehead atoms. The van der Waals surface area contributed by atoms with Gasteiger partial charge in [0.15, 0.2) is 0 Å². The average Bonchev–Trinajstić information content (AvgIpc) is 2.83. The number of hydrogen-bond acceptors (Lipinski definition) is 3. The number of aryl methyl sites for hydroxylation is 1. The molecule has 0 aliphatic heterocycles.